The number of aromatic nitrogens is 3. The molecule has 2 heterocycles. The Bertz CT molecular complexity index is 594. The lowest BCUT2D eigenvalue weighted by Crippen LogP contribution is -2.33. The van der Waals surface area contributed by atoms with Crippen LogP contribution in [0.25, 0.3) is 11.4 Å². The number of aliphatic hydroxyl groups is 1. The second kappa shape index (κ2) is 8.89. The van der Waals surface area contributed by atoms with E-state index < -0.39 is 0 Å². The van der Waals surface area contributed by atoms with Gasteiger partial charge in [0, 0.05) is 19.3 Å². The summed E-state index contributed by atoms with van der Waals surface area (Å²) in [5.74, 6) is 0.287. The van der Waals surface area contributed by atoms with Crippen molar-refractivity contribution in [2.75, 3.05) is 18.5 Å². The molecule has 0 bridgehead atoms. The second-order valence-corrected chi connectivity index (χ2v) is 5.38. The highest BCUT2D eigenvalue weighted by Gasteiger charge is 2.13. The van der Waals surface area contributed by atoms with E-state index in [1.807, 2.05) is 18.2 Å². The molecule has 1 atom stereocenters. The number of carbonyl (C=O) groups excluding carboxylic acids is 1. The number of hydrogen-bond donors (Lipinski definition) is 4. The molecule has 0 aliphatic heterocycles. The Morgan fingerprint density at radius 3 is 2.96 bits per heavy atom. The highest BCUT2D eigenvalue weighted by Crippen LogP contribution is 2.22. The number of carbonyl (C=O) groups is 1. The van der Waals surface area contributed by atoms with Crippen molar-refractivity contribution < 1.29 is 9.90 Å². The van der Waals surface area contributed by atoms with E-state index in [0.29, 0.717) is 30.0 Å². The summed E-state index contributed by atoms with van der Waals surface area (Å²) in [5.41, 5.74) is 1.96. The first-order chi connectivity index (χ1) is 11.2. The van der Waals surface area contributed by atoms with Gasteiger partial charge in [-0.25, -0.2) is 4.79 Å². The highest BCUT2D eigenvalue weighted by atomic mass is 16.3. The van der Waals surface area contributed by atoms with E-state index in [4.69, 9.17) is 5.11 Å². The molecule has 7 heteroatoms. The van der Waals surface area contributed by atoms with Gasteiger partial charge in [-0.3, -0.25) is 10.1 Å². The summed E-state index contributed by atoms with van der Waals surface area (Å²) in [6, 6.07) is 5.25. The molecule has 2 aromatic rings. The molecule has 0 aliphatic carbocycles. The summed E-state index contributed by atoms with van der Waals surface area (Å²) < 4.78 is 0. The van der Waals surface area contributed by atoms with Gasteiger partial charge in [0.15, 0.2) is 0 Å². The number of nitrogens with one attached hydrogen (secondary N) is 3. The van der Waals surface area contributed by atoms with E-state index in [-0.39, 0.29) is 18.6 Å². The van der Waals surface area contributed by atoms with Gasteiger partial charge in [0.25, 0.3) is 0 Å². The Balaban J connectivity index is 1.92. The second-order valence-electron chi connectivity index (χ2n) is 5.38. The molecule has 2 amide bonds. The molecule has 0 saturated carbocycles. The monoisotopic (exact) mass is 317 g/mol. The van der Waals surface area contributed by atoms with Crippen LogP contribution in [0, 0.1) is 5.92 Å². The van der Waals surface area contributed by atoms with Crippen LogP contribution in [-0.2, 0) is 0 Å². The van der Waals surface area contributed by atoms with Crippen LogP contribution < -0.4 is 10.6 Å². The maximum absolute atomic E-state index is 12.1. The lowest BCUT2D eigenvalue weighted by atomic mass is 10.0. The summed E-state index contributed by atoms with van der Waals surface area (Å²) in [6.45, 7) is 2.77. The number of nitrogens with zero attached hydrogens (tertiary/aromatic N) is 2. The van der Waals surface area contributed by atoms with Crippen LogP contribution in [0.2, 0.25) is 0 Å². The fourth-order valence-corrected chi connectivity index (χ4v) is 2.43. The van der Waals surface area contributed by atoms with Crippen molar-refractivity contribution in [2.45, 2.75) is 26.2 Å². The smallest absolute Gasteiger partial charge is 0.319 e. The minimum absolute atomic E-state index is 0.138. The summed E-state index contributed by atoms with van der Waals surface area (Å²) in [5, 5.41) is 21.5. The maximum Gasteiger partial charge on any atom is 0.319 e. The van der Waals surface area contributed by atoms with Crippen molar-refractivity contribution in [3.05, 3.63) is 30.6 Å². The minimum atomic E-state index is -0.289. The number of rotatable bonds is 8. The predicted molar refractivity (Wildman–Crippen MR) is 88.9 cm³/mol. The Labute approximate surface area is 135 Å². The quantitative estimate of drug-likeness (QED) is 0.600. The number of anilines is 1. The van der Waals surface area contributed by atoms with Gasteiger partial charge in [0.05, 0.1) is 17.6 Å². The maximum atomic E-state index is 12.1. The first kappa shape index (κ1) is 17.0. The van der Waals surface area contributed by atoms with Crippen LogP contribution in [0.15, 0.2) is 30.6 Å². The topological polar surface area (TPSA) is 103 Å². The number of aliphatic hydroxyl groups excluding tert-OH is 1. The molecule has 0 spiro atoms. The number of aromatic amines is 1. The summed E-state index contributed by atoms with van der Waals surface area (Å²) >= 11 is 0. The fraction of sp³-hybridized carbons (Fsp3) is 0.438. The molecule has 0 radical (unpaired) electrons. The molecular formula is C16H23N5O2. The standard InChI is InChI=1S/C16H23N5O2/c1-2-5-12(7-9-22)10-18-16(23)20-14-11-19-21-15(14)13-6-3-4-8-17-13/h3-4,6,8,11-12,22H,2,5,7,9-10H2,1H3,(H,19,21)(H2,18,20,23). The van der Waals surface area contributed by atoms with Crippen LogP contribution in [0.1, 0.15) is 26.2 Å². The van der Waals surface area contributed by atoms with Gasteiger partial charge < -0.3 is 15.7 Å². The SMILES string of the molecule is CCCC(CCO)CNC(=O)Nc1cn[nH]c1-c1ccccn1. The molecule has 2 aromatic heterocycles. The number of urea groups is 1. The lowest BCUT2D eigenvalue weighted by Gasteiger charge is -2.16. The van der Waals surface area contributed by atoms with Gasteiger partial charge in [-0.05, 0) is 30.9 Å². The van der Waals surface area contributed by atoms with Crippen LogP contribution in [0.3, 0.4) is 0 Å². The average Bonchev–Trinajstić information content (AvgIpc) is 3.02. The van der Waals surface area contributed by atoms with Crippen molar-refractivity contribution in [1.82, 2.24) is 20.5 Å². The van der Waals surface area contributed by atoms with Crippen molar-refractivity contribution >= 4 is 11.7 Å². The molecule has 2 rings (SSSR count). The lowest BCUT2D eigenvalue weighted by molar-refractivity contribution is 0.237. The normalized spacial score (nSPS) is 11.9. The van der Waals surface area contributed by atoms with Gasteiger partial charge in [-0.2, -0.15) is 5.10 Å². The van der Waals surface area contributed by atoms with Crippen molar-refractivity contribution in [3.63, 3.8) is 0 Å². The van der Waals surface area contributed by atoms with E-state index in [9.17, 15) is 4.79 Å². The van der Waals surface area contributed by atoms with E-state index in [0.717, 1.165) is 12.8 Å². The zero-order valence-corrected chi connectivity index (χ0v) is 13.2. The van der Waals surface area contributed by atoms with E-state index in [2.05, 4.69) is 32.7 Å². The molecular weight excluding hydrogens is 294 g/mol. The molecule has 1 unspecified atom stereocenters. The predicted octanol–water partition coefficient (Wildman–Crippen LogP) is 2.39. The average molecular weight is 317 g/mol. The first-order valence-electron chi connectivity index (χ1n) is 7.85. The molecule has 0 aromatic carbocycles. The third-order valence-corrected chi connectivity index (χ3v) is 3.59. The Hall–Kier alpha value is -2.41. The van der Waals surface area contributed by atoms with Crippen molar-refractivity contribution in [3.8, 4) is 11.4 Å². The third kappa shape index (κ3) is 5.07. The van der Waals surface area contributed by atoms with Gasteiger partial charge in [0.1, 0.15) is 5.69 Å². The Kier molecular flexibility index (Phi) is 6.56. The molecule has 23 heavy (non-hydrogen) atoms. The van der Waals surface area contributed by atoms with Crippen LogP contribution >= 0.6 is 0 Å². The van der Waals surface area contributed by atoms with Crippen molar-refractivity contribution in [2.24, 2.45) is 5.92 Å². The third-order valence-electron chi connectivity index (χ3n) is 3.59. The van der Waals surface area contributed by atoms with Gasteiger partial charge in [-0.1, -0.05) is 19.4 Å². The molecule has 7 nitrogen and oxygen atoms in total. The zero-order valence-electron chi connectivity index (χ0n) is 13.2. The van der Waals surface area contributed by atoms with Crippen molar-refractivity contribution in [1.29, 1.82) is 0 Å². The first-order valence-corrected chi connectivity index (χ1v) is 7.85. The number of H-pyrrole nitrogens is 1. The zero-order chi connectivity index (χ0) is 16.5. The summed E-state index contributed by atoms with van der Waals surface area (Å²) in [4.78, 5) is 16.3. The van der Waals surface area contributed by atoms with Gasteiger partial charge in [-0.15, -0.1) is 0 Å². The molecule has 124 valence electrons. The molecule has 0 aliphatic rings. The molecule has 0 fully saturated rings. The highest BCUT2D eigenvalue weighted by molar-refractivity contribution is 5.92. The van der Waals surface area contributed by atoms with Crippen LogP contribution in [-0.4, -0.2) is 39.5 Å². The van der Waals surface area contributed by atoms with E-state index in [1.54, 1.807) is 12.4 Å². The fourth-order valence-electron chi connectivity index (χ4n) is 2.43. The summed E-state index contributed by atoms with van der Waals surface area (Å²) in [6.07, 6.45) is 5.94. The molecule has 4 N–H and O–H groups in total. The minimum Gasteiger partial charge on any atom is -0.396 e. The Morgan fingerprint density at radius 2 is 2.26 bits per heavy atom. The van der Waals surface area contributed by atoms with Crippen LogP contribution in [0.4, 0.5) is 10.5 Å². The van der Waals surface area contributed by atoms with E-state index >= 15 is 0 Å². The van der Waals surface area contributed by atoms with Gasteiger partial charge in [0.2, 0.25) is 0 Å². The summed E-state index contributed by atoms with van der Waals surface area (Å²) in [7, 11) is 0. The molecule has 0 saturated heterocycles. The number of hydrogen-bond acceptors (Lipinski definition) is 4. The van der Waals surface area contributed by atoms with Gasteiger partial charge >= 0.3 is 6.03 Å². The number of pyridine rings is 1. The Morgan fingerprint density at radius 1 is 1.39 bits per heavy atom. The number of amides is 2. The van der Waals surface area contributed by atoms with E-state index in [1.165, 1.54) is 0 Å². The van der Waals surface area contributed by atoms with Crippen LogP contribution in [0.5, 0.6) is 0 Å². The largest absolute Gasteiger partial charge is 0.396 e.